The number of hydrogen-bond acceptors (Lipinski definition) is 6. The second-order valence-electron chi connectivity index (χ2n) is 6.08. The molecule has 0 spiro atoms. The maximum atomic E-state index is 13.7. The molecule has 148 valence electrons. The summed E-state index contributed by atoms with van der Waals surface area (Å²) in [5.74, 6) is -1.89. The summed E-state index contributed by atoms with van der Waals surface area (Å²) in [6, 6.07) is 6.93. The smallest absolute Gasteiger partial charge is 0.324 e. The van der Waals surface area contributed by atoms with Crippen LogP contribution in [0.5, 0.6) is 11.8 Å². The van der Waals surface area contributed by atoms with Gasteiger partial charge in [-0.1, -0.05) is 11.6 Å². The lowest BCUT2D eigenvalue weighted by Gasteiger charge is -2.06. The van der Waals surface area contributed by atoms with Crippen molar-refractivity contribution in [1.29, 1.82) is 0 Å². The number of aromatic amines is 1. The summed E-state index contributed by atoms with van der Waals surface area (Å²) in [7, 11) is -3.44. The Labute approximate surface area is 168 Å². The molecule has 11 heteroatoms. The van der Waals surface area contributed by atoms with Crippen LogP contribution in [0.2, 0.25) is 5.02 Å². The maximum Gasteiger partial charge on any atom is 0.324 e. The molecule has 1 N–H and O–H groups in total. The first-order valence-electron chi connectivity index (χ1n) is 8.06. The van der Waals surface area contributed by atoms with Crippen LogP contribution >= 0.6 is 11.6 Å². The third kappa shape index (κ3) is 3.76. The molecule has 0 aliphatic rings. The second kappa shape index (κ2) is 7.05. The Morgan fingerprint density at radius 1 is 1.14 bits per heavy atom. The third-order valence-corrected chi connectivity index (χ3v) is 5.46. The van der Waals surface area contributed by atoms with Gasteiger partial charge < -0.3 is 4.74 Å². The lowest BCUT2D eigenvalue weighted by molar-refractivity contribution is 0.409. The van der Waals surface area contributed by atoms with E-state index >= 15 is 0 Å². The molecule has 0 atom stereocenters. The molecule has 0 radical (unpaired) electrons. The summed E-state index contributed by atoms with van der Waals surface area (Å²) < 4.78 is 55.7. The number of H-pyrrole nitrogens is 1. The fourth-order valence-electron chi connectivity index (χ4n) is 2.63. The van der Waals surface area contributed by atoms with Crippen LogP contribution in [0.1, 0.15) is 0 Å². The molecule has 0 saturated carbocycles. The molecule has 4 aromatic rings. The Bertz CT molecular complexity index is 1360. The minimum Gasteiger partial charge on any atom is -0.421 e. The van der Waals surface area contributed by atoms with Gasteiger partial charge >= 0.3 is 6.01 Å². The SMILES string of the molecule is CS(=O)(=O)c1ccc(Cl)c(-c2[nH]nc3nc(Oc4ccc(F)cc4F)ncc23)c1. The van der Waals surface area contributed by atoms with E-state index in [4.69, 9.17) is 16.3 Å². The number of sulfone groups is 1. The van der Waals surface area contributed by atoms with Crippen molar-refractivity contribution in [1.82, 2.24) is 20.2 Å². The van der Waals surface area contributed by atoms with E-state index in [1.807, 2.05) is 0 Å². The summed E-state index contributed by atoms with van der Waals surface area (Å²) in [4.78, 5) is 8.18. The summed E-state index contributed by atoms with van der Waals surface area (Å²) in [5, 5.41) is 7.55. The largest absolute Gasteiger partial charge is 0.421 e. The highest BCUT2D eigenvalue weighted by Gasteiger charge is 2.17. The quantitative estimate of drug-likeness (QED) is 0.516. The van der Waals surface area contributed by atoms with Gasteiger partial charge in [0, 0.05) is 24.1 Å². The molecule has 0 fully saturated rings. The molecule has 2 aromatic heterocycles. The van der Waals surface area contributed by atoms with Crippen LogP contribution in [0, 0.1) is 11.6 Å². The van der Waals surface area contributed by atoms with E-state index in [-0.39, 0.29) is 22.3 Å². The Hall–Kier alpha value is -3.11. The van der Waals surface area contributed by atoms with Gasteiger partial charge in [0.15, 0.2) is 27.1 Å². The molecular weight excluding hydrogens is 426 g/mol. The normalized spacial score (nSPS) is 11.7. The van der Waals surface area contributed by atoms with Gasteiger partial charge in [0.1, 0.15) is 5.82 Å². The van der Waals surface area contributed by atoms with Gasteiger partial charge in [-0.2, -0.15) is 10.1 Å². The summed E-state index contributed by atoms with van der Waals surface area (Å²) in [6.45, 7) is 0. The Kier molecular flexibility index (Phi) is 4.67. The van der Waals surface area contributed by atoms with E-state index in [2.05, 4.69) is 20.2 Å². The van der Waals surface area contributed by atoms with Crippen LogP contribution in [-0.4, -0.2) is 34.8 Å². The van der Waals surface area contributed by atoms with Gasteiger partial charge in [-0.3, -0.25) is 5.10 Å². The van der Waals surface area contributed by atoms with Gasteiger partial charge in [0.05, 0.1) is 21.0 Å². The number of hydrogen-bond donors (Lipinski definition) is 1. The van der Waals surface area contributed by atoms with Crippen LogP contribution in [0.3, 0.4) is 0 Å². The van der Waals surface area contributed by atoms with E-state index in [9.17, 15) is 17.2 Å². The lowest BCUT2D eigenvalue weighted by Crippen LogP contribution is -1.97. The van der Waals surface area contributed by atoms with E-state index in [0.29, 0.717) is 27.7 Å². The zero-order chi connectivity index (χ0) is 20.8. The van der Waals surface area contributed by atoms with Crippen molar-refractivity contribution >= 4 is 32.5 Å². The van der Waals surface area contributed by atoms with Crippen LogP contribution in [0.25, 0.3) is 22.3 Å². The summed E-state index contributed by atoms with van der Waals surface area (Å²) in [5.41, 5.74) is 1.00. The van der Waals surface area contributed by atoms with Gasteiger partial charge in [-0.15, -0.1) is 0 Å². The zero-order valence-electron chi connectivity index (χ0n) is 14.6. The van der Waals surface area contributed by atoms with E-state index in [1.165, 1.54) is 24.4 Å². The van der Waals surface area contributed by atoms with Gasteiger partial charge in [0.25, 0.3) is 0 Å². The Morgan fingerprint density at radius 2 is 1.93 bits per heavy atom. The molecule has 7 nitrogen and oxygen atoms in total. The fraction of sp³-hybridized carbons (Fsp3) is 0.0556. The number of rotatable bonds is 4. The number of ether oxygens (including phenoxy) is 1. The molecule has 0 unspecified atom stereocenters. The highest BCUT2D eigenvalue weighted by atomic mass is 35.5. The third-order valence-electron chi connectivity index (χ3n) is 4.02. The molecule has 0 aliphatic carbocycles. The first-order valence-corrected chi connectivity index (χ1v) is 10.3. The van der Waals surface area contributed by atoms with Crippen molar-refractivity contribution < 1.29 is 21.9 Å². The van der Waals surface area contributed by atoms with Gasteiger partial charge in [-0.05, 0) is 30.3 Å². The molecule has 29 heavy (non-hydrogen) atoms. The van der Waals surface area contributed by atoms with Crippen LogP contribution in [-0.2, 0) is 9.84 Å². The van der Waals surface area contributed by atoms with Crippen molar-refractivity contribution in [3.05, 3.63) is 59.3 Å². The molecule has 0 amide bonds. The summed E-state index contributed by atoms with van der Waals surface area (Å²) >= 11 is 6.23. The molecule has 0 aliphatic heterocycles. The van der Waals surface area contributed by atoms with Gasteiger partial charge in [-0.25, -0.2) is 22.2 Å². The average molecular weight is 437 g/mol. The standard InChI is InChI=1S/C18H11ClF2N4O3S/c1-29(26,27)10-3-4-13(19)11(7-10)16-12-8-22-18(23-17(12)25-24-16)28-15-5-2-9(20)6-14(15)21/h2-8H,1H3,(H,22,23,24,25). The molecule has 0 bridgehead atoms. The van der Waals surface area contributed by atoms with Crippen molar-refractivity contribution in [2.24, 2.45) is 0 Å². The maximum absolute atomic E-state index is 13.7. The number of aromatic nitrogens is 4. The van der Waals surface area contributed by atoms with Crippen molar-refractivity contribution in [2.75, 3.05) is 6.26 Å². The number of fused-ring (bicyclic) bond motifs is 1. The Balaban J connectivity index is 1.74. The fourth-order valence-corrected chi connectivity index (χ4v) is 3.48. The highest BCUT2D eigenvalue weighted by molar-refractivity contribution is 7.90. The van der Waals surface area contributed by atoms with Crippen molar-refractivity contribution in [3.63, 3.8) is 0 Å². The van der Waals surface area contributed by atoms with Crippen LogP contribution in [0.15, 0.2) is 47.5 Å². The monoisotopic (exact) mass is 436 g/mol. The minimum absolute atomic E-state index is 0.0901. The minimum atomic E-state index is -3.44. The van der Waals surface area contributed by atoms with Gasteiger partial charge in [0.2, 0.25) is 0 Å². The topological polar surface area (TPSA) is 97.8 Å². The summed E-state index contributed by atoms with van der Waals surface area (Å²) in [6.07, 6.45) is 2.47. The Morgan fingerprint density at radius 3 is 2.66 bits per heavy atom. The average Bonchev–Trinajstić information content (AvgIpc) is 3.06. The van der Waals surface area contributed by atoms with E-state index in [1.54, 1.807) is 0 Å². The number of benzene rings is 2. The molecule has 4 rings (SSSR count). The molecular formula is C18H11ClF2N4O3S. The van der Waals surface area contributed by atoms with E-state index < -0.39 is 21.5 Å². The number of nitrogens with one attached hydrogen (secondary N) is 1. The predicted octanol–water partition coefficient (Wildman–Crippen LogP) is 4.15. The van der Waals surface area contributed by atoms with Crippen molar-refractivity contribution in [3.8, 4) is 23.0 Å². The van der Waals surface area contributed by atoms with Crippen LogP contribution < -0.4 is 4.74 Å². The molecule has 0 saturated heterocycles. The number of halogens is 3. The van der Waals surface area contributed by atoms with Crippen molar-refractivity contribution in [2.45, 2.75) is 4.90 Å². The molecule has 2 heterocycles. The first kappa shape index (κ1) is 19.2. The first-order chi connectivity index (χ1) is 13.7. The molecule has 2 aromatic carbocycles. The van der Waals surface area contributed by atoms with E-state index in [0.717, 1.165) is 18.4 Å². The van der Waals surface area contributed by atoms with Crippen LogP contribution in [0.4, 0.5) is 8.78 Å². The number of nitrogens with zero attached hydrogens (tertiary/aromatic N) is 3. The lowest BCUT2D eigenvalue weighted by atomic mass is 10.1. The second-order valence-corrected chi connectivity index (χ2v) is 8.50. The predicted molar refractivity (Wildman–Crippen MR) is 102 cm³/mol. The highest BCUT2D eigenvalue weighted by Crippen LogP contribution is 2.33. The zero-order valence-corrected chi connectivity index (χ0v) is 16.2.